The monoisotopic (exact) mass is 509 g/mol. The van der Waals surface area contributed by atoms with Crippen LogP contribution in [-0.4, -0.2) is 71.3 Å². The lowest BCUT2D eigenvalue weighted by Crippen LogP contribution is -2.58. The van der Waals surface area contributed by atoms with Gasteiger partial charge in [0.25, 0.3) is 5.91 Å². The van der Waals surface area contributed by atoms with Gasteiger partial charge in [0.15, 0.2) is 0 Å². The summed E-state index contributed by atoms with van der Waals surface area (Å²) in [6.07, 6.45) is 0.199. The van der Waals surface area contributed by atoms with Crippen LogP contribution < -0.4 is 10.6 Å². The number of hydrogen-bond acceptors (Lipinski definition) is 7. The van der Waals surface area contributed by atoms with Crippen LogP contribution >= 0.6 is 11.6 Å². The number of carbonyl (C=O) groups is 4. The Hall–Kier alpha value is -2.85. The summed E-state index contributed by atoms with van der Waals surface area (Å²) in [5.41, 5.74) is -0.555. The average molecular weight is 510 g/mol. The van der Waals surface area contributed by atoms with Gasteiger partial charge >= 0.3 is 5.97 Å². The third kappa shape index (κ3) is 6.24. The second kappa shape index (κ2) is 10.8. The summed E-state index contributed by atoms with van der Waals surface area (Å²) < 4.78 is 10.5. The molecule has 2 aliphatic heterocycles. The van der Waals surface area contributed by atoms with Crippen LogP contribution in [0.5, 0.6) is 5.75 Å². The van der Waals surface area contributed by atoms with Gasteiger partial charge in [0.2, 0.25) is 18.1 Å². The number of cyclic esters (lactones) is 1. The number of phenolic OH excluding ortho intramolecular Hbond substituents is 1. The number of hydrogen-bond donors (Lipinski definition) is 3. The highest BCUT2D eigenvalue weighted by atomic mass is 35.5. The fourth-order valence-electron chi connectivity index (χ4n) is 4.26. The van der Waals surface area contributed by atoms with Gasteiger partial charge in [-0.25, -0.2) is 0 Å². The minimum atomic E-state index is -0.944. The van der Waals surface area contributed by atoms with Gasteiger partial charge in [0.1, 0.15) is 23.9 Å². The van der Waals surface area contributed by atoms with E-state index in [9.17, 15) is 24.3 Å². The molecule has 1 aromatic rings. The number of esters is 1. The summed E-state index contributed by atoms with van der Waals surface area (Å²) in [4.78, 5) is 52.8. The van der Waals surface area contributed by atoms with E-state index in [1.54, 1.807) is 6.92 Å². The Bertz CT molecular complexity index is 994. The smallest absolute Gasteiger partial charge is 0.310 e. The number of amides is 3. The Morgan fingerprint density at radius 2 is 2.03 bits per heavy atom. The second-order valence-corrected chi connectivity index (χ2v) is 10.2. The molecule has 192 valence electrons. The van der Waals surface area contributed by atoms with Crippen LogP contribution in [0.15, 0.2) is 18.2 Å². The van der Waals surface area contributed by atoms with E-state index < -0.39 is 53.5 Å². The lowest BCUT2D eigenvalue weighted by Gasteiger charge is -2.35. The van der Waals surface area contributed by atoms with Crippen molar-refractivity contribution in [2.75, 3.05) is 13.2 Å². The van der Waals surface area contributed by atoms with Crippen molar-refractivity contribution in [2.24, 2.45) is 5.41 Å². The summed E-state index contributed by atoms with van der Waals surface area (Å²) >= 11 is 6.11. The largest absolute Gasteiger partial charge is 0.508 e. The number of nitrogens with one attached hydrogen (secondary N) is 2. The first-order valence-corrected chi connectivity index (χ1v) is 12.0. The number of benzene rings is 1. The Balaban J connectivity index is 1.75. The van der Waals surface area contributed by atoms with Crippen molar-refractivity contribution < 1.29 is 33.8 Å². The summed E-state index contributed by atoms with van der Waals surface area (Å²) in [5.74, 6) is -1.90. The van der Waals surface area contributed by atoms with Crippen molar-refractivity contribution in [1.29, 1.82) is 0 Å². The van der Waals surface area contributed by atoms with E-state index in [2.05, 4.69) is 10.6 Å². The van der Waals surface area contributed by atoms with Gasteiger partial charge in [-0.3, -0.25) is 19.2 Å². The number of carbonyl (C=O) groups excluding carboxylic acids is 4. The van der Waals surface area contributed by atoms with E-state index in [0.717, 1.165) is 0 Å². The van der Waals surface area contributed by atoms with Crippen molar-refractivity contribution in [2.45, 2.75) is 71.4 Å². The van der Waals surface area contributed by atoms with Gasteiger partial charge in [0.05, 0.1) is 17.0 Å². The molecule has 0 bridgehead atoms. The number of aromatic hydroxyl groups is 1. The minimum absolute atomic E-state index is 0.00879. The van der Waals surface area contributed by atoms with Crippen molar-refractivity contribution in [3.8, 4) is 5.75 Å². The maximum absolute atomic E-state index is 13.6. The van der Waals surface area contributed by atoms with Gasteiger partial charge in [0, 0.05) is 13.2 Å². The highest BCUT2D eigenvalue weighted by Gasteiger charge is 2.44. The quantitative estimate of drug-likeness (QED) is 0.478. The van der Waals surface area contributed by atoms with Crippen LogP contribution in [0.4, 0.5) is 0 Å². The molecule has 4 atom stereocenters. The fraction of sp³-hybridized carbons (Fsp3) is 0.583. The van der Waals surface area contributed by atoms with E-state index in [1.165, 1.54) is 23.1 Å². The Morgan fingerprint density at radius 3 is 2.66 bits per heavy atom. The summed E-state index contributed by atoms with van der Waals surface area (Å²) in [6, 6.07) is 1.63. The van der Waals surface area contributed by atoms with E-state index in [-0.39, 0.29) is 22.8 Å². The molecule has 3 rings (SSSR count). The highest BCUT2D eigenvalue weighted by molar-refractivity contribution is 6.34. The first-order chi connectivity index (χ1) is 16.4. The third-order valence-corrected chi connectivity index (χ3v) is 6.36. The average Bonchev–Trinajstić information content (AvgIpc) is 3.37. The molecule has 0 aliphatic carbocycles. The second-order valence-electron chi connectivity index (χ2n) is 9.76. The Kier molecular flexibility index (Phi) is 8.27. The predicted molar refractivity (Wildman–Crippen MR) is 127 cm³/mol. The van der Waals surface area contributed by atoms with Gasteiger partial charge in [-0.15, -0.1) is 0 Å². The van der Waals surface area contributed by atoms with Crippen molar-refractivity contribution in [1.82, 2.24) is 15.5 Å². The molecule has 0 aromatic heterocycles. The molecule has 0 unspecified atom stereocenters. The molecule has 35 heavy (non-hydrogen) atoms. The minimum Gasteiger partial charge on any atom is -0.508 e. The van der Waals surface area contributed by atoms with Crippen LogP contribution in [0.3, 0.4) is 0 Å². The number of halogens is 1. The summed E-state index contributed by atoms with van der Waals surface area (Å²) in [6.45, 7) is 7.87. The lowest BCUT2D eigenvalue weighted by atomic mass is 9.85. The Labute approximate surface area is 209 Å². The first-order valence-electron chi connectivity index (χ1n) is 11.6. The van der Waals surface area contributed by atoms with Crippen molar-refractivity contribution in [3.63, 3.8) is 0 Å². The molecule has 2 fully saturated rings. The summed E-state index contributed by atoms with van der Waals surface area (Å²) in [7, 11) is 0. The van der Waals surface area contributed by atoms with E-state index in [4.69, 9.17) is 21.1 Å². The first kappa shape index (κ1) is 26.7. The molecule has 3 N–H and O–H groups in total. The number of rotatable bonds is 7. The van der Waals surface area contributed by atoms with Crippen LogP contribution in [0.25, 0.3) is 0 Å². The topological polar surface area (TPSA) is 134 Å². The Morgan fingerprint density at radius 1 is 1.31 bits per heavy atom. The molecule has 2 aliphatic rings. The zero-order chi connectivity index (χ0) is 25.9. The number of ether oxygens (including phenoxy) is 2. The van der Waals surface area contributed by atoms with Gasteiger partial charge in [-0.05, 0) is 43.4 Å². The predicted octanol–water partition coefficient (Wildman–Crippen LogP) is 1.98. The van der Waals surface area contributed by atoms with Gasteiger partial charge in [-0.1, -0.05) is 32.4 Å². The number of likely N-dealkylation sites (tertiary alicyclic amines) is 1. The third-order valence-electron chi connectivity index (χ3n) is 6.05. The molecule has 2 heterocycles. The van der Waals surface area contributed by atoms with Gasteiger partial charge < -0.3 is 30.1 Å². The molecule has 2 saturated heterocycles. The zero-order valence-corrected chi connectivity index (χ0v) is 21.1. The molecule has 0 radical (unpaired) electrons. The number of nitrogens with zero attached hydrogens (tertiary/aromatic N) is 1. The summed E-state index contributed by atoms with van der Waals surface area (Å²) in [5, 5.41) is 15.2. The molecule has 0 spiro atoms. The molecular weight excluding hydrogens is 478 g/mol. The normalized spacial score (nSPS) is 23.1. The molecule has 10 nitrogen and oxygen atoms in total. The number of phenols is 1. The maximum atomic E-state index is 13.6. The maximum Gasteiger partial charge on any atom is 0.310 e. The molecule has 11 heteroatoms. The van der Waals surface area contributed by atoms with Crippen molar-refractivity contribution in [3.05, 3.63) is 28.8 Å². The van der Waals surface area contributed by atoms with Crippen LogP contribution in [-0.2, 0) is 23.9 Å². The lowest BCUT2D eigenvalue weighted by molar-refractivity contribution is -0.164. The highest BCUT2D eigenvalue weighted by Crippen LogP contribution is 2.28. The molecular formula is C24H32ClN3O7. The van der Waals surface area contributed by atoms with Crippen LogP contribution in [0, 0.1) is 5.41 Å². The zero-order valence-electron chi connectivity index (χ0n) is 20.3. The molecule has 0 saturated carbocycles. The van der Waals surface area contributed by atoms with Crippen LogP contribution in [0.2, 0.25) is 5.02 Å². The van der Waals surface area contributed by atoms with E-state index >= 15 is 0 Å². The van der Waals surface area contributed by atoms with Crippen LogP contribution in [0.1, 0.15) is 57.3 Å². The van der Waals surface area contributed by atoms with Gasteiger partial charge in [-0.2, -0.15) is 0 Å². The van der Waals surface area contributed by atoms with E-state index in [0.29, 0.717) is 26.0 Å². The fourth-order valence-corrected chi connectivity index (χ4v) is 4.52. The van der Waals surface area contributed by atoms with E-state index in [1.807, 2.05) is 20.8 Å². The SMILES string of the molecule is CCO[C@@H]1OC(=O)C[C@@H]1NC(=O)[C@@H]1CCCN1C(=O)[C@@H](NC(=O)c1ccc(O)cc1Cl)C(C)(C)C. The standard InChI is InChI=1S/C24H32ClN3O7/c1-5-34-23-16(12-18(30)35-23)26-21(32)17-7-6-10-28(17)22(33)19(24(2,3)4)27-20(31)14-9-8-13(29)11-15(14)25/h8-9,11,16-17,19,23,29H,5-7,10,12H2,1-4H3,(H,26,32)(H,27,31)/t16-,17-,19+,23+/m0/s1. The molecule has 1 aromatic carbocycles. The molecule has 3 amide bonds. The van der Waals surface area contributed by atoms with Crippen molar-refractivity contribution >= 4 is 35.3 Å².